The summed E-state index contributed by atoms with van der Waals surface area (Å²) in [6, 6.07) is 4.54. The van der Waals surface area contributed by atoms with Crippen LogP contribution in [0.2, 0.25) is 0 Å². The van der Waals surface area contributed by atoms with Crippen molar-refractivity contribution in [2.75, 3.05) is 58.2 Å². The van der Waals surface area contributed by atoms with Crippen LogP contribution in [0.15, 0.2) is 94.1 Å². The molecule has 1 aromatic carbocycles. The lowest BCUT2D eigenvalue weighted by molar-refractivity contribution is -0.166. The Morgan fingerprint density at radius 3 is 1.15 bits per heavy atom. The summed E-state index contributed by atoms with van der Waals surface area (Å²) in [5.74, 6) is -5.96. The number of aryl methyl sites for hydroxylation is 1. The van der Waals surface area contributed by atoms with Gasteiger partial charge in [0, 0.05) is 42.1 Å². The maximum Gasteiger partial charge on any atom is 0.411 e. The summed E-state index contributed by atoms with van der Waals surface area (Å²) in [5.41, 5.74) is -1.97. The second-order valence-corrected chi connectivity index (χ2v) is 11.6. The number of esters is 7. The van der Waals surface area contributed by atoms with Crippen molar-refractivity contribution in [2.24, 2.45) is 10.8 Å². The number of nitrogens with one attached hydrogen (secondary N) is 1. The van der Waals surface area contributed by atoms with Crippen molar-refractivity contribution in [3.05, 3.63) is 105 Å². The van der Waals surface area contributed by atoms with Crippen LogP contribution in [-0.4, -0.2) is 101 Å². The molecule has 0 aliphatic rings. The number of amides is 1. The largest absolute Gasteiger partial charge is 0.464 e. The highest BCUT2D eigenvalue weighted by Gasteiger charge is 2.39. The van der Waals surface area contributed by atoms with Crippen LogP contribution in [0.4, 0.5) is 10.5 Å². The summed E-state index contributed by atoms with van der Waals surface area (Å²) in [5, 5.41) is 2.48. The summed E-state index contributed by atoms with van der Waals surface area (Å²) in [7, 11) is 0. The van der Waals surface area contributed by atoms with Crippen molar-refractivity contribution in [1.29, 1.82) is 0 Å². The van der Waals surface area contributed by atoms with E-state index in [0.29, 0.717) is 11.1 Å². The molecule has 296 valence electrons. The van der Waals surface area contributed by atoms with E-state index in [1.165, 1.54) is 12.1 Å². The fraction of sp³-hybridized carbons (Fsp3) is 0.316. The Kier molecular flexibility index (Phi) is 19.9. The molecule has 0 bridgehead atoms. The van der Waals surface area contributed by atoms with Gasteiger partial charge in [-0.25, -0.2) is 33.6 Å². The number of hydrogen-bond donors (Lipinski definition) is 1. The van der Waals surface area contributed by atoms with Crippen LogP contribution < -0.4 is 5.32 Å². The first-order chi connectivity index (χ1) is 26.1. The average molecular weight is 770 g/mol. The van der Waals surface area contributed by atoms with Crippen LogP contribution in [0, 0.1) is 17.8 Å². The molecule has 0 fully saturated rings. The molecule has 0 unspecified atom stereocenters. The minimum absolute atomic E-state index is 0.164. The number of carbonyl (C=O) groups excluding carboxylic acids is 8. The van der Waals surface area contributed by atoms with Crippen LogP contribution in [0.3, 0.4) is 0 Å². The van der Waals surface area contributed by atoms with E-state index in [1.807, 2.05) is 0 Å². The summed E-state index contributed by atoms with van der Waals surface area (Å²) >= 11 is 0. The highest BCUT2D eigenvalue weighted by Crippen LogP contribution is 2.24. The van der Waals surface area contributed by atoms with Gasteiger partial charge in [-0.3, -0.25) is 10.1 Å². The van der Waals surface area contributed by atoms with E-state index < -0.39 is 112 Å². The van der Waals surface area contributed by atoms with E-state index in [0.717, 1.165) is 36.5 Å². The Morgan fingerprint density at radius 1 is 0.509 bits per heavy atom. The fourth-order valence-electron chi connectivity index (χ4n) is 3.95. The second kappa shape index (κ2) is 23.7. The summed E-state index contributed by atoms with van der Waals surface area (Å²) < 4.78 is 41.5. The molecule has 0 spiro atoms. The van der Waals surface area contributed by atoms with Gasteiger partial charge in [-0.05, 0) is 30.2 Å². The van der Waals surface area contributed by atoms with E-state index in [-0.39, 0.29) is 12.1 Å². The van der Waals surface area contributed by atoms with Crippen molar-refractivity contribution in [2.45, 2.75) is 13.3 Å². The van der Waals surface area contributed by atoms with Gasteiger partial charge in [-0.1, -0.05) is 45.5 Å². The minimum atomic E-state index is -1.58. The Balaban J connectivity index is 3.20. The highest BCUT2D eigenvalue weighted by molar-refractivity contribution is 5.86. The quantitative estimate of drug-likeness (QED) is 0.0858. The predicted octanol–water partition coefficient (Wildman–Crippen LogP) is 2.98. The van der Waals surface area contributed by atoms with Crippen molar-refractivity contribution < 1.29 is 76.3 Å². The van der Waals surface area contributed by atoms with E-state index in [9.17, 15) is 38.4 Å². The monoisotopic (exact) mass is 769 g/mol. The standard InChI is InChI=1S/C38H43NO16/c1-8-29(40)48-18-37(19-49-30(41)9-2,20-50-31(42)10-3)24-54-35(46)17-27-16-28(15-14-26(27)7)39-36(47)55-25-38(21-51-32(43)11-4,22-52-33(44)12-5)23-53-34(45)13-6/h8-16H,1-6,17-25H2,7H3,(H,39,47). The van der Waals surface area contributed by atoms with Gasteiger partial charge in [0.2, 0.25) is 0 Å². The molecule has 0 heterocycles. The van der Waals surface area contributed by atoms with Crippen molar-refractivity contribution in [3.8, 4) is 0 Å². The molecule has 0 aromatic heterocycles. The first-order valence-electron chi connectivity index (χ1n) is 16.0. The number of carbonyl (C=O) groups is 8. The van der Waals surface area contributed by atoms with Gasteiger partial charge in [0.15, 0.2) is 0 Å². The normalized spacial score (nSPS) is 10.5. The molecule has 0 saturated heterocycles. The van der Waals surface area contributed by atoms with Crippen LogP contribution in [0.1, 0.15) is 11.1 Å². The zero-order valence-electron chi connectivity index (χ0n) is 30.3. The molecule has 0 aliphatic carbocycles. The second-order valence-electron chi connectivity index (χ2n) is 11.6. The Bertz CT molecular complexity index is 1540. The van der Waals surface area contributed by atoms with E-state index >= 15 is 0 Å². The molecule has 0 radical (unpaired) electrons. The molecule has 1 aromatic rings. The van der Waals surface area contributed by atoms with E-state index in [1.54, 1.807) is 13.0 Å². The first-order valence-corrected chi connectivity index (χ1v) is 16.0. The van der Waals surface area contributed by atoms with Gasteiger partial charge < -0.3 is 37.9 Å². The molecule has 0 saturated carbocycles. The number of rotatable bonds is 25. The third-order valence-electron chi connectivity index (χ3n) is 7.10. The van der Waals surface area contributed by atoms with Crippen LogP contribution in [0.25, 0.3) is 0 Å². The third-order valence-corrected chi connectivity index (χ3v) is 7.10. The maximum atomic E-state index is 13.1. The number of ether oxygens (including phenoxy) is 8. The van der Waals surface area contributed by atoms with Crippen LogP contribution in [-0.2, 0) is 77.9 Å². The van der Waals surface area contributed by atoms with Gasteiger partial charge in [0.1, 0.15) is 63.7 Å². The molecule has 1 amide bonds. The highest BCUT2D eigenvalue weighted by atomic mass is 16.6. The first kappa shape index (κ1) is 46.2. The molecule has 17 nitrogen and oxygen atoms in total. The predicted molar refractivity (Wildman–Crippen MR) is 193 cm³/mol. The van der Waals surface area contributed by atoms with Crippen molar-refractivity contribution in [3.63, 3.8) is 0 Å². The number of benzene rings is 1. The van der Waals surface area contributed by atoms with Crippen molar-refractivity contribution >= 4 is 53.6 Å². The maximum absolute atomic E-state index is 13.1. The lowest BCUT2D eigenvalue weighted by Crippen LogP contribution is -2.44. The van der Waals surface area contributed by atoms with E-state index in [4.69, 9.17) is 37.9 Å². The zero-order valence-corrected chi connectivity index (χ0v) is 30.3. The lowest BCUT2D eigenvalue weighted by Gasteiger charge is -2.31. The molecule has 17 heteroatoms. The van der Waals surface area contributed by atoms with E-state index in [2.05, 4.69) is 44.8 Å². The molecule has 0 aliphatic heterocycles. The van der Waals surface area contributed by atoms with Gasteiger partial charge in [0.05, 0.1) is 6.42 Å². The summed E-state index contributed by atoms with van der Waals surface area (Å²) in [4.78, 5) is 97.2. The minimum Gasteiger partial charge on any atom is -0.464 e. The summed E-state index contributed by atoms with van der Waals surface area (Å²) in [6.07, 6.45) is 3.85. The van der Waals surface area contributed by atoms with Gasteiger partial charge >= 0.3 is 47.9 Å². The van der Waals surface area contributed by atoms with Crippen LogP contribution >= 0.6 is 0 Å². The Morgan fingerprint density at radius 2 is 0.818 bits per heavy atom. The number of anilines is 1. The van der Waals surface area contributed by atoms with Gasteiger partial charge in [0.25, 0.3) is 0 Å². The zero-order chi connectivity index (χ0) is 41.4. The smallest absolute Gasteiger partial charge is 0.411 e. The molecule has 1 N–H and O–H groups in total. The van der Waals surface area contributed by atoms with Crippen molar-refractivity contribution in [1.82, 2.24) is 0 Å². The SMILES string of the molecule is C=CC(=O)OCC(COC(=O)C=C)(COC(=O)C=C)COC(=O)Cc1cc(NC(=O)OCC(COC(=O)C=C)(COC(=O)C=C)COC(=O)C=C)ccc1C. The van der Waals surface area contributed by atoms with Gasteiger partial charge in [-0.2, -0.15) is 0 Å². The lowest BCUT2D eigenvalue weighted by atomic mass is 9.92. The molecule has 0 atom stereocenters. The van der Waals surface area contributed by atoms with Crippen LogP contribution in [0.5, 0.6) is 0 Å². The molecule has 1 rings (SSSR count). The third kappa shape index (κ3) is 17.5. The molecular weight excluding hydrogens is 726 g/mol. The number of hydrogen-bond acceptors (Lipinski definition) is 16. The topological polar surface area (TPSA) is 222 Å². The molecular formula is C38H43NO16. The Hall–Kier alpha value is -6.78. The molecule has 55 heavy (non-hydrogen) atoms. The summed E-state index contributed by atoms with van der Waals surface area (Å²) in [6.45, 7) is 17.2. The van der Waals surface area contributed by atoms with Gasteiger partial charge in [-0.15, -0.1) is 0 Å². The Labute approximate surface area is 317 Å². The average Bonchev–Trinajstić information content (AvgIpc) is 3.19. The fourth-order valence-corrected chi connectivity index (χ4v) is 3.95.